The summed E-state index contributed by atoms with van der Waals surface area (Å²) in [4.78, 5) is 4.80. The van der Waals surface area contributed by atoms with Gasteiger partial charge in [-0.25, -0.2) is 0 Å². The second-order valence-corrected chi connectivity index (χ2v) is 6.81. The molecule has 104 valence electrons. The Hall–Kier alpha value is -0.220. The molecule has 0 aromatic carbocycles. The van der Waals surface area contributed by atoms with Crippen LogP contribution in [0.4, 0.5) is 0 Å². The summed E-state index contributed by atoms with van der Waals surface area (Å²) < 4.78 is 5.22. The van der Waals surface area contributed by atoms with Crippen LogP contribution in [0, 0.1) is 5.92 Å². The van der Waals surface area contributed by atoms with Gasteiger partial charge in [-0.05, 0) is 25.2 Å². The molecule has 0 bridgehead atoms. The van der Waals surface area contributed by atoms with Crippen LogP contribution in [0.1, 0.15) is 46.0 Å². The lowest BCUT2D eigenvalue weighted by atomic mass is 9.78. The van der Waals surface area contributed by atoms with Crippen molar-refractivity contribution >= 4 is 16.9 Å². The monoisotopic (exact) mass is 270 g/mol. The smallest absolute Gasteiger partial charge is 0.157 e. The number of hydrogen-bond donors (Lipinski definition) is 1. The maximum Gasteiger partial charge on any atom is 0.157 e. The van der Waals surface area contributed by atoms with E-state index in [1.165, 1.54) is 31.4 Å². The maximum absolute atomic E-state index is 5.22. The van der Waals surface area contributed by atoms with Crippen molar-refractivity contribution in [1.82, 2.24) is 5.32 Å². The van der Waals surface area contributed by atoms with Crippen LogP contribution in [0.2, 0.25) is 0 Å². The molecule has 0 amide bonds. The van der Waals surface area contributed by atoms with Crippen LogP contribution >= 0.6 is 11.8 Å². The van der Waals surface area contributed by atoms with Gasteiger partial charge in [-0.15, -0.1) is 0 Å². The van der Waals surface area contributed by atoms with Gasteiger partial charge in [-0.1, -0.05) is 38.5 Å². The molecule has 0 aromatic heterocycles. The third-order valence-electron chi connectivity index (χ3n) is 4.08. The summed E-state index contributed by atoms with van der Waals surface area (Å²) in [5.41, 5.74) is 0.340. The largest absolute Gasteiger partial charge is 0.382 e. The minimum absolute atomic E-state index is 0.307. The first kappa shape index (κ1) is 14.2. The lowest BCUT2D eigenvalue weighted by Gasteiger charge is -2.36. The third-order valence-corrected chi connectivity index (χ3v) is 5.26. The Kier molecular flexibility index (Phi) is 4.96. The second-order valence-electron chi connectivity index (χ2n) is 5.85. The van der Waals surface area contributed by atoms with Crippen LogP contribution in [0.25, 0.3) is 0 Å². The van der Waals surface area contributed by atoms with Crippen molar-refractivity contribution in [3.05, 3.63) is 0 Å². The molecule has 1 aliphatic carbocycles. The van der Waals surface area contributed by atoms with Crippen LogP contribution in [0.5, 0.6) is 0 Å². The van der Waals surface area contributed by atoms with Gasteiger partial charge in [0.05, 0.1) is 12.6 Å². The quantitative estimate of drug-likeness (QED) is 0.852. The Morgan fingerprint density at radius 3 is 3.11 bits per heavy atom. The Labute approximate surface area is 115 Å². The van der Waals surface area contributed by atoms with E-state index in [4.69, 9.17) is 9.73 Å². The highest BCUT2D eigenvalue weighted by atomic mass is 32.2. The summed E-state index contributed by atoms with van der Waals surface area (Å²) >= 11 is 1.90. The first-order chi connectivity index (χ1) is 8.67. The van der Waals surface area contributed by atoms with E-state index in [-0.39, 0.29) is 0 Å². The zero-order valence-electron chi connectivity index (χ0n) is 11.9. The highest BCUT2D eigenvalue weighted by molar-refractivity contribution is 8.14. The minimum atomic E-state index is 0.307. The summed E-state index contributed by atoms with van der Waals surface area (Å²) in [5, 5.41) is 4.86. The molecule has 1 heterocycles. The van der Waals surface area contributed by atoms with Gasteiger partial charge in [0.25, 0.3) is 0 Å². The van der Waals surface area contributed by atoms with Crippen LogP contribution in [0.3, 0.4) is 0 Å². The van der Waals surface area contributed by atoms with E-state index in [0.29, 0.717) is 11.6 Å². The van der Waals surface area contributed by atoms with Crippen LogP contribution in [0.15, 0.2) is 4.99 Å². The number of ether oxygens (including phenoxy) is 1. The Morgan fingerprint density at radius 1 is 1.61 bits per heavy atom. The molecular formula is C14H26N2OS. The maximum atomic E-state index is 5.22. The zero-order valence-corrected chi connectivity index (χ0v) is 12.7. The first-order valence-electron chi connectivity index (χ1n) is 7.15. The molecule has 1 spiro atoms. The number of rotatable bonds is 4. The van der Waals surface area contributed by atoms with Gasteiger partial charge >= 0.3 is 0 Å². The van der Waals surface area contributed by atoms with Gasteiger partial charge in [0.15, 0.2) is 5.17 Å². The zero-order chi connectivity index (χ0) is 13.0. The second kappa shape index (κ2) is 6.29. The molecule has 2 aliphatic rings. The average Bonchev–Trinajstić information content (AvgIpc) is 2.71. The van der Waals surface area contributed by atoms with Gasteiger partial charge < -0.3 is 10.1 Å². The first-order valence-corrected chi connectivity index (χ1v) is 8.14. The molecule has 0 radical (unpaired) electrons. The average molecular weight is 270 g/mol. The molecule has 3 nitrogen and oxygen atoms in total. The molecule has 1 saturated heterocycles. The molecule has 2 fully saturated rings. The van der Waals surface area contributed by atoms with E-state index in [9.17, 15) is 0 Å². The Bertz CT molecular complexity index is 308. The molecular weight excluding hydrogens is 244 g/mol. The highest BCUT2D eigenvalue weighted by Crippen LogP contribution is 2.38. The van der Waals surface area contributed by atoms with Crippen LogP contribution in [-0.4, -0.2) is 36.2 Å². The van der Waals surface area contributed by atoms with E-state index < -0.39 is 0 Å². The number of thioether (sulfide) groups is 1. The van der Waals surface area contributed by atoms with E-state index in [1.807, 2.05) is 11.8 Å². The number of nitrogens with zero attached hydrogens (tertiary/aromatic N) is 1. The van der Waals surface area contributed by atoms with Crippen LogP contribution < -0.4 is 5.32 Å². The topological polar surface area (TPSA) is 33.6 Å². The summed E-state index contributed by atoms with van der Waals surface area (Å²) in [6, 6.07) is 0.307. The molecule has 3 unspecified atom stereocenters. The van der Waals surface area contributed by atoms with Gasteiger partial charge in [0.2, 0.25) is 0 Å². The summed E-state index contributed by atoms with van der Waals surface area (Å²) in [6.45, 7) is 5.28. The molecule has 2 rings (SSSR count). The van der Waals surface area contributed by atoms with Crippen molar-refractivity contribution in [2.24, 2.45) is 10.9 Å². The van der Waals surface area contributed by atoms with Gasteiger partial charge in [-0.3, -0.25) is 4.99 Å². The highest BCUT2D eigenvalue weighted by Gasteiger charge is 2.40. The lowest BCUT2D eigenvalue weighted by molar-refractivity contribution is 0.179. The molecule has 1 saturated carbocycles. The number of hydrogen-bond acceptors (Lipinski definition) is 3. The van der Waals surface area contributed by atoms with E-state index in [0.717, 1.165) is 24.1 Å². The molecule has 18 heavy (non-hydrogen) atoms. The molecule has 4 heteroatoms. The molecule has 1 aliphatic heterocycles. The Balaban J connectivity index is 1.96. The SMILES string of the molecule is CCC(COC)N=C1NC2(CCCC(C)C2)CS1. The van der Waals surface area contributed by atoms with Gasteiger partial charge in [0.1, 0.15) is 0 Å². The summed E-state index contributed by atoms with van der Waals surface area (Å²) in [6.07, 6.45) is 6.41. The number of nitrogens with one attached hydrogen (secondary N) is 1. The minimum Gasteiger partial charge on any atom is -0.382 e. The summed E-state index contributed by atoms with van der Waals surface area (Å²) in [5.74, 6) is 2.05. The van der Waals surface area contributed by atoms with Gasteiger partial charge in [-0.2, -0.15) is 0 Å². The van der Waals surface area contributed by atoms with E-state index >= 15 is 0 Å². The fraction of sp³-hybridized carbons (Fsp3) is 0.929. The molecule has 3 atom stereocenters. The summed E-state index contributed by atoms with van der Waals surface area (Å²) in [7, 11) is 1.75. The number of amidine groups is 1. The van der Waals surface area contributed by atoms with Gasteiger partial charge in [0, 0.05) is 18.4 Å². The normalized spacial score (nSPS) is 35.9. The van der Waals surface area contributed by atoms with Crippen molar-refractivity contribution < 1.29 is 4.74 Å². The Morgan fingerprint density at radius 2 is 2.44 bits per heavy atom. The number of aliphatic imine (C=N–C) groups is 1. The predicted octanol–water partition coefficient (Wildman–Crippen LogP) is 3.05. The fourth-order valence-electron chi connectivity index (χ4n) is 3.08. The van der Waals surface area contributed by atoms with Crippen molar-refractivity contribution in [3.63, 3.8) is 0 Å². The molecule has 1 N–H and O–H groups in total. The van der Waals surface area contributed by atoms with Crippen molar-refractivity contribution in [2.45, 2.75) is 57.5 Å². The fourth-order valence-corrected chi connectivity index (χ4v) is 4.34. The lowest BCUT2D eigenvalue weighted by Crippen LogP contribution is -2.47. The standard InChI is InChI=1S/C14H26N2OS/c1-4-12(9-17-3)15-13-16-14(10-18-13)7-5-6-11(2)8-14/h11-12H,4-10H2,1-3H3,(H,15,16). The molecule has 0 aromatic rings. The number of methoxy groups -OCH3 is 1. The van der Waals surface area contributed by atoms with Crippen LogP contribution in [-0.2, 0) is 4.74 Å². The van der Waals surface area contributed by atoms with Crippen molar-refractivity contribution in [1.29, 1.82) is 0 Å². The third kappa shape index (κ3) is 3.41. The predicted molar refractivity (Wildman–Crippen MR) is 79.3 cm³/mol. The van der Waals surface area contributed by atoms with E-state index in [2.05, 4.69) is 19.2 Å². The van der Waals surface area contributed by atoms with Crippen molar-refractivity contribution in [2.75, 3.05) is 19.5 Å². The van der Waals surface area contributed by atoms with Crippen molar-refractivity contribution in [3.8, 4) is 0 Å². The van der Waals surface area contributed by atoms with E-state index in [1.54, 1.807) is 7.11 Å².